The van der Waals surface area contributed by atoms with E-state index in [1.54, 1.807) is 12.1 Å². The molecule has 2 amide bonds. The van der Waals surface area contributed by atoms with Crippen LogP contribution in [0.15, 0.2) is 24.3 Å². The molecule has 5 nitrogen and oxygen atoms in total. The lowest BCUT2D eigenvalue weighted by Crippen LogP contribution is -2.38. The van der Waals surface area contributed by atoms with Gasteiger partial charge in [0, 0.05) is 18.8 Å². The zero-order chi connectivity index (χ0) is 14.7. The molecule has 0 aliphatic carbocycles. The monoisotopic (exact) mass is 276 g/mol. The van der Waals surface area contributed by atoms with Crippen LogP contribution in [-0.2, 0) is 9.59 Å². The summed E-state index contributed by atoms with van der Waals surface area (Å²) in [6.07, 6.45) is 0.0133. The molecule has 5 heteroatoms. The van der Waals surface area contributed by atoms with E-state index in [0.29, 0.717) is 24.6 Å². The van der Waals surface area contributed by atoms with Gasteiger partial charge in [-0.3, -0.25) is 9.59 Å². The van der Waals surface area contributed by atoms with E-state index in [0.717, 1.165) is 0 Å². The number of benzene rings is 1. The van der Waals surface area contributed by atoms with Crippen LogP contribution < -0.4 is 5.32 Å². The van der Waals surface area contributed by atoms with E-state index in [4.69, 9.17) is 0 Å². The Bertz CT molecular complexity index is 496. The summed E-state index contributed by atoms with van der Waals surface area (Å²) in [5.74, 6) is -0.821. The van der Waals surface area contributed by atoms with Crippen LogP contribution in [0.25, 0.3) is 0 Å². The fraction of sp³-hybridized carbons (Fsp3) is 0.467. The van der Waals surface area contributed by atoms with E-state index >= 15 is 0 Å². The molecule has 1 atom stereocenters. The van der Waals surface area contributed by atoms with Gasteiger partial charge >= 0.3 is 11.8 Å². The van der Waals surface area contributed by atoms with Crippen LogP contribution in [0.1, 0.15) is 31.7 Å². The molecule has 0 aromatic heterocycles. The number of nitrogens with one attached hydrogen (secondary N) is 1. The Morgan fingerprint density at radius 2 is 1.95 bits per heavy atom. The third kappa shape index (κ3) is 3.36. The van der Waals surface area contributed by atoms with Gasteiger partial charge in [-0.15, -0.1) is 0 Å². The molecule has 1 saturated heterocycles. The molecule has 108 valence electrons. The van der Waals surface area contributed by atoms with E-state index < -0.39 is 17.9 Å². The van der Waals surface area contributed by atoms with Crippen LogP contribution in [0, 0.1) is 0 Å². The van der Waals surface area contributed by atoms with E-state index in [-0.39, 0.29) is 6.54 Å². The fourth-order valence-corrected chi connectivity index (χ4v) is 2.21. The number of carbonyl (C=O) groups is 2. The van der Waals surface area contributed by atoms with Crippen LogP contribution in [-0.4, -0.2) is 41.0 Å². The van der Waals surface area contributed by atoms with Gasteiger partial charge in [0.2, 0.25) is 0 Å². The van der Waals surface area contributed by atoms with Crippen LogP contribution >= 0.6 is 0 Å². The first-order valence-corrected chi connectivity index (χ1v) is 6.85. The summed E-state index contributed by atoms with van der Waals surface area (Å²) in [5.41, 5.74) is 1.78. The summed E-state index contributed by atoms with van der Waals surface area (Å²) in [4.78, 5) is 25.1. The summed E-state index contributed by atoms with van der Waals surface area (Å²) in [7, 11) is 0. The quantitative estimate of drug-likeness (QED) is 0.801. The van der Waals surface area contributed by atoms with Gasteiger partial charge in [-0.05, 0) is 30.0 Å². The second-order valence-corrected chi connectivity index (χ2v) is 5.42. The summed E-state index contributed by atoms with van der Waals surface area (Å²) in [5, 5.41) is 12.0. The van der Waals surface area contributed by atoms with Crippen molar-refractivity contribution in [1.82, 2.24) is 4.90 Å². The first-order valence-electron chi connectivity index (χ1n) is 6.85. The Labute approximate surface area is 118 Å². The molecule has 2 N–H and O–H groups in total. The molecule has 1 aromatic rings. The van der Waals surface area contributed by atoms with Crippen molar-refractivity contribution in [3.8, 4) is 0 Å². The number of β-amino-alcohol motifs (C(OH)–C–C–N with tert-alkyl or cyclic N) is 1. The van der Waals surface area contributed by atoms with Crippen molar-refractivity contribution in [2.24, 2.45) is 0 Å². The summed E-state index contributed by atoms with van der Waals surface area (Å²) >= 11 is 0. The van der Waals surface area contributed by atoms with E-state index in [9.17, 15) is 14.7 Å². The first kappa shape index (κ1) is 14.5. The lowest BCUT2D eigenvalue weighted by Gasteiger charge is -2.15. The molecule has 0 radical (unpaired) electrons. The molecule has 1 aliphatic rings. The number of nitrogens with zero attached hydrogens (tertiary/aromatic N) is 1. The lowest BCUT2D eigenvalue weighted by molar-refractivity contribution is -0.142. The molecule has 1 aliphatic heterocycles. The highest BCUT2D eigenvalue weighted by Crippen LogP contribution is 2.17. The highest BCUT2D eigenvalue weighted by Gasteiger charge is 2.28. The number of anilines is 1. The van der Waals surface area contributed by atoms with Gasteiger partial charge < -0.3 is 15.3 Å². The Balaban J connectivity index is 1.95. The predicted octanol–water partition coefficient (Wildman–Crippen LogP) is 1.34. The molecule has 0 unspecified atom stereocenters. The third-order valence-electron chi connectivity index (χ3n) is 3.48. The number of aliphatic hydroxyl groups is 1. The van der Waals surface area contributed by atoms with Crippen LogP contribution in [0.3, 0.4) is 0 Å². The smallest absolute Gasteiger partial charge is 0.313 e. The number of hydrogen-bond acceptors (Lipinski definition) is 3. The molecule has 0 saturated carbocycles. The van der Waals surface area contributed by atoms with Crippen molar-refractivity contribution in [3.63, 3.8) is 0 Å². The van der Waals surface area contributed by atoms with Gasteiger partial charge in [0.25, 0.3) is 0 Å². The van der Waals surface area contributed by atoms with Crippen molar-refractivity contribution >= 4 is 17.5 Å². The maximum absolute atomic E-state index is 11.9. The Morgan fingerprint density at radius 3 is 2.45 bits per heavy atom. The number of aliphatic hydroxyl groups excluding tert-OH is 1. The average molecular weight is 276 g/mol. The normalized spacial score (nSPS) is 18.4. The van der Waals surface area contributed by atoms with Gasteiger partial charge in [-0.1, -0.05) is 26.0 Å². The fourth-order valence-electron chi connectivity index (χ4n) is 2.21. The molecule has 20 heavy (non-hydrogen) atoms. The third-order valence-corrected chi connectivity index (χ3v) is 3.48. The van der Waals surface area contributed by atoms with Crippen molar-refractivity contribution < 1.29 is 14.7 Å². The molecule has 1 heterocycles. The molecule has 0 bridgehead atoms. The Kier molecular flexibility index (Phi) is 4.39. The number of hydrogen-bond donors (Lipinski definition) is 2. The minimum atomic E-state index is -0.656. The summed E-state index contributed by atoms with van der Waals surface area (Å²) in [6.45, 7) is 4.85. The average Bonchev–Trinajstić information content (AvgIpc) is 2.85. The number of amides is 2. The van der Waals surface area contributed by atoms with Gasteiger partial charge in [0.05, 0.1) is 6.10 Å². The minimum absolute atomic E-state index is 0.235. The topological polar surface area (TPSA) is 69.6 Å². The zero-order valence-corrected chi connectivity index (χ0v) is 11.8. The maximum atomic E-state index is 11.9. The van der Waals surface area contributed by atoms with E-state index in [1.165, 1.54) is 10.5 Å². The maximum Gasteiger partial charge on any atom is 0.313 e. The lowest BCUT2D eigenvalue weighted by atomic mass is 10.0. The van der Waals surface area contributed by atoms with Crippen molar-refractivity contribution in [2.45, 2.75) is 32.3 Å². The minimum Gasteiger partial charge on any atom is -0.391 e. The van der Waals surface area contributed by atoms with Gasteiger partial charge in [0.15, 0.2) is 0 Å². The molecular weight excluding hydrogens is 256 g/mol. The second kappa shape index (κ2) is 6.05. The number of rotatable bonds is 2. The van der Waals surface area contributed by atoms with Gasteiger partial charge in [-0.2, -0.15) is 0 Å². The zero-order valence-electron chi connectivity index (χ0n) is 11.8. The molecule has 0 spiro atoms. The van der Waals surface area contributed by atoms with Crippen LogP contribution in [0.5, 0.6) is 0 Å². The van der Waals surface area contributed by atoms with Crippen LogP contribution in [0.4, 0.5) is 5.69 Å². The highest BCUT2D eigenvalue weighted by molar-refractivity contribution is 6.39. The highest BCUT2D eigenvalue weighted by atomic mass is 16.3. The number of likely N-dealkylation sites (tertiary alicyclic amines) is 1. The number of carbonyl (C=O) groups excluding carboxylic acids is 2. The Hall–Kier alpha value is -1.88. The molecular formula is C15H20N2O3. The largest absolute Gasteiger partial charge is 0.391 e. The molecule has 1 fully saturated rings. The standard InChI is InChI=1S/C15H20N2O3/c1-10(2)11-3-5-12(6-4-11)16-14(19)15(20)17-8-7-13(18)9-17/h3-6,10,13,18H,7-9H2,1-2H3,(H,16,19)/t13-/m1/s1. The van der Waals surface area contributed by atoms with Gasteiger partial charge in [-0.25, -0.2) is 0 Å². The molecule has 2 rings (SSSR count). The van der Waals surface area contributed by atoms with E-state index in [1.807, 2.05) is 12.1 Å². The Morgan fingerprint density at radius 1 is 1.30 bits per heavy atom. The first-order chi connectivity index (χ1) is 9.47. The van der Waals surface area contributed by atoms with Crippen molar-refractivity contribution in [1.29, 1.82) is 0 Å². The van der Waals surface area contributed by atoms with Crippen molar-refractivity contribution in [2.75, 3.05) is 18.4 Å². The predicted molar refractivity (Wildman–Crippen MR) is 76.4 cm³/mol. The second-order valence-electron chi connectivity index (χ2n) is 5.42. The summed E-state index contributed by atoms with van der Waals surface area (Å²) in [6, 6.07) is 7.45. The molecule has 1 aromatic carbocycles. The van der Waals surface area contributed by atoms with Crippen LogP contribution in [0.2, 0.25) is 0 Å². The SMILES string of the molecule is CC(C)c1ccc(NC(=O)C(=O)N2CC[C@@H](O)C2)cc1. The van der Waals surface area contributed by atoms with Gasteiger partial charge in [0.1, 0.15) is 0 Å². The van der Waals surface area contributed by atoms with Crippen molar-refractivity contribution in [3.05, 3.63) is 29.8 Å². The van der Waals surface area contributed by atoms with E-state index in [2.05, 4.69) is 19.2 Å². The summed E-state index contributed by atoms with van der Waals surface area (Å²) < 4.78 is 0.